The van der Waals surface area contributed by atoms with Crippen molar-refractivity contribution in [2.24, 2.45) is 0 Å². The number of carbonyl (C=O) groups is 1. The van der Waals surface area contributed by atoms with E-state index < -0.39 is 0 Å². The van der Waals surface area contributed by atoms with Crippen LogP contribution in [0, 0.1) is 6.92 Å². The van der Waals surface area contributed by atoms with E-state index in [1.807, 2.05) is 13.8 Å². The van der Waals surface area contributed by atoms with E-state index in [1.54, 1.807) is 18.1 Å². The molecule has 0 bridgehead atoms. The van der Waals surface area contributed by atoms with E-state index in [-0.39, 0.29) is 17.4 Å². The number of fused-ring (bicyclic) bond motifs is 1. The minimum atomic E-state index is -0.129. The van der Waals surface area contributed by atoms with Gasteiger partial charge in [-0.25, -0.2) is 9.50 Å². The van der Waals surface area contributed by atoms with Crippen LogP contribution in [-0.4, -0.2) is 52.2 Å². The summed E-state index contributed by atoms with van der Waals surface area (Å²) in [5.41, 5.74) is 3.26. The van der Waals surface area contributed by atoms with Gasteiger partial charge >= 0.3 is 0 Å². The number of carbonyl (C=O) groups excluding carboxylic acids is 1. The normalized spacial score (nSPS) is 18.3. The molecular formula is C16H22N4O3. The first-order valence-corrected chi connectivity index (χ1v) is 7.93. The third kappa shape index (κ3) is 2.76. The number of ether oxygens (including phenoxy) is 1. The van der Waals surface area contributed by atoms with E-state index in [9.17, 15) is 9.59 Å². The summed E-state index contributed by atoms with van der Waals surface area (Å²) in [6.45, 7) is 5.68. The number of H-pyrrole nitrogens is 1. The maximum Gasteiger partial charge on any atom is 0.272 e. The molecule has 0 spiro atoms. The van der Waals surface area contributed by atoms with Crippen LogP contribution in [0.2, 0.25) is 0 Å². The standard InChI is InChI=1S/C16H22N4O3/c1-4-12-10(2)18-20-15(22)8-13(17-16(12)20)11-7-14(21)19(9-11)5-6-23-3/h8,11,18H,4-7,9H2,1-3H3. The van der Waals surface area contributed by atoms with Gasteiger partial charge in [0.15, 0.2) is 5.65 Å². The molecule has 0 aromatic carbocycles. The lowest BCUT2D eigenvalue weighted by atomic mass is 10.0. The van der Waals surface area contributed by atoms with Gasteiger partial charge in [0.25, 0.3) is 5.56 Å². The molecule has 1 aliphatic heterocycles. The number of rotatable bonds is 5. The van der Waals surface area contributed by atoms with E-state index >= 15 is 0 Å². The highest BCUT2D eigenvalue weighted by molar-refractivity contribution is 5.79. The summed E-state index contributed by atoms with van der Waals surface area (Å²) in [5.74, 6) is 0.0620. The second-order valence-corrected chi connectivity index (χ2v) is 5.98. The number of hydrogen-bond donors (Lipinski definition) is 1. The Balaban J connectivity index is 1.95. The lowest BCUT2D eigenvalue weighted by Crippen LogP contribution is -2.28. The Labute approximate surface area is 134 Å². The number of nitrogens with zero attached hydrogens (tertiary/aromatic N) is 3. The van der Waals surface area contributed by atoms with Crippen LogP contribution < -0.4 is 5.56 Å². The van der Waals surface area contributed by atoms with Crippen LogP contribution in [0.3, 0.4) is 0 Å². The largest absolute Gasteiger partial charge is 0.383 e. The van der Waals surface area contributed by atoms with Crippen LogP contribution in [0.5, 0.6) is 0 Å². The van der Waals surface area contributed by atoms with Crippen molar-refractivity contribution in [1.29, 1.82) is 0 Å². The lowest BCUT2D eigenvalue weighted by molar-refractivity contribution is -0.128. The van der Waals surface area contributed by atoms with Gasteiger partial charge in [0.1, 0.15) is 0 Å². The fourth-order valence-corrected chi connectivity index (χ4v) is 3.23. The molecule has 23 heavy (non-hydrogen) atoms. The third-order valence-electron chi connectivity index (χ3n) is 4.49. The molecule has 7 heteroatoms. The van der Waals surface area contributed by atoms with Crippen molar-refractivity contribution in [1.82, 2.24) is 19.5 Å². The summed E-state index contributed by atoms with van der Waals surface area (Å²) in [7, 11) is 1.62. The molecule has 1 fully saturated rings. The minimum Gasteiger partial charge on any atom is -0.383 e. The highest BCUT2D eigenvalue weighted by atomic mass is 16.5. The van der Waals surface area contributed by atoms with Crippen molar-refractivity contribution < 1.29 is 9.53 Å². The van der Waals surface area contributed by atoms with Crippen molar-refractivity contribution in [3.63, 3.8) is 0 Å². The number of amides is 1. The summed E-state index contributed by atoms with van der Waals surface area (Å²) in [6.07, 6.45) is 1.20. The zero-order valence-corrected chi connectivity index (χ0v) is 13.8. The first-order chi connectivity index (χ1) is 11.0. The Bertz CT molecular complexity index is 792. The zero-order valence-electron chi connectivity index (χ0n) is 13.8. The first kappa shape index (κ1) is 15.7. The van der Waals surface area contributed by atoms with E-state index in [1.165, 1.54) is 4.52 Å². The van der Waals surface area contributed by atoms with E-state index in [4.69, 9.17) is 4.74 Å². The van der Waals surface area contributed by atoms with Crippen molar-refractivity contribution in [2.75, 3.05) is 26.8 Å². The van der Waals surface area contributed by atoms with Gasteiger partial charge < -0.3 is 9.64 Å². The van der Waals surface area contributed by atoms with Crippen LogP contribution in [0.4, 0.5) is 0 Å². The van der Waals surface area contributed by atoms with Gasteiger partial charge in [-0.15, -0.1) is 0 Å². The molecule has 1 unspecified atom stereocenters. The number of likely N-dealkylation sites (tertiary alicyclic amines) is 1. The second-order valence-electron chi connectivity index (χ2n) is 5.98. The molecule has 124 valence electrons. The molecule has 1 saturated heterocycles. The summed E-state index contributed by atoms with van der Waals surface area (Å²) < 4.78 is 6.52. The third-order valence-corrected chi connectivity index (χ3v) is 4.49. The average Bonchev–Trinajstić information content (AvgIpc) is 3.05. The van der Waals surface area contributed by atoms with E-state index in [0.717, 1.165) is 17.7 Å². The number of aromatic nitrogens is 3. The van der Waals surface area contributed by atoms with Gasteiger partial charge in [0, 0.05) is 49.9 Å². The number of aryl methyl sites for hydroxylation is 2. The Morgan fingerprint density at radius 3 is 2.91 bits per heavy atom. The first-order valence-electron chi connectivity index (χ1n) is 7.93. The van der Waals surface area contributed by atoms with Crippen molar-refractivity contribution in [2.45, 2.75) is 32.6 Å². The Hall–Kier alpha value is -2.15. The van der Waals surface area contributed by atoms with Gasteiger partial charge in [-0.3, -0.25) is 14.7 Å². The highest BCUT2D eigenvalue weighted by Gasteiger charge is 2.31. The Morgan fingerprint density at radius 1 is 1.43 bits per heavy atom. The van der Waals surface area contributed by atoms with Crippen molar-refractivity contribution in [3.8, 4) is 0 Å². The molecule has 2 aromatic heterocycles. The van der Waals surface area contributed by atoms with Crippen molar-refractivity contribution >= 4 is 11.6 Å². The van der Waals surface area contributed by atoms with Crippen LogP contribution in [0.1, 0.15) is 36.2 Å². The molecule has 3 heterocycles. The highest BCUT2D eigenvalue weighted by Crippen LogP contribution is 2.27. The van der Waals surface area contributed by atoms with Gasteiger partial charge in [0.05, 0.1) is 12.3 Å². The lowest BCUT2D eigenvalue weighted by Gasteiger charge is -2.15. The quantitative estimate of drug-likeness (QED) is 0.886. The zero-order chi connectivity index (χ0) is 16.6. The molecule has 1 amide bonds. The van der Waals surface area contributed by atoms with Crippen LogP contribution >= 0.6 is 0 Å². The average molecular weight is 318 g/mol. The van der Waals surface area contributed by atoms with E-state index in [0.29, 0.717) is 37.5 Å². The predicted molar refractivity (Wildman–Crippen MR) is 85.7 cm³/mol. The van der Waals surface area contributed by atoms with Gasteiger partial charge in [-0.2, -0.15) is 0 Å². The summed E-state index contributed by atoms with van der Waals surface area (Å²) in [4.78, 5) is 30.9. The van der Waals surface area contributed by atoms with Gasteiger partial charge in [-0.05, 0) is 13.3 Å². The van der Waals surface area contributed by atoms with Crippen LogP contribution in [0.25, 0.3) is 5.65 Å². The molecule has 1 N–H and O–H groups in total. The van der Waals surface area contributed by atoms with Crippen molar-refractivity contribution in [3.05, 3.63) is 33.4 Å². The molecule has 3 rings (SSSR count). The molecule has 0 aliphatic carbocycles. The predicted octanol–water partition coefficient (Wildman–Crippen LogP) is 0.856. The van der Waals surface area contributed by atoms with Gasteiger partial charge in [-0.1, -0.05) is 6.92 Å². The molecule has 0 saturated carbocycles. The molecule has 0 radical (unpaired) electrons. The monoisotopic (exact) mass is 318 g/mol. The van der Waals surface area contributed by atoms with E-state index in [2.05, 4.69) is 10.1 Å². The fraction of sp³-hybridized carbons (Fsp3) is 0.562. The Morgan fingerprint density at radius 2 is 2.22 bits per heavy atom. The fourth-order valence-electron chi connectivity index (χ4n) is 3.23. The van der Waals surface area contributed by atoms with Crippen LogP contribution in [-0.2, 0) is 16.0 Å². The maximum absolute atomic E-state index is 12.3. The topological polar surface area (TPSA) is 79.7 Å². The molecule has 1 aliphatic rings. The summed E-state index contributed by atoms with van der Waals surface area (Å²) in [6, 6.07) is 1.54. The second kappa shape index (κ2) is 6.16. The summed E-state index contributed by atoms with van der Waals surface area (Å²) in [5, 5.41) is 3.06. The molecular weight excluding hydrogens is 296 g/mol. The smallest absolute Gasteiger partial charge is 0.272 e. The number of aromatic amines is 1. The molecule has 1 atom stereocenters. The number of nitrogens with one attached hydrogen (secondary N) is 1. The minimum absolute atomic E-state index is 0.0306. The van der Waals surface area contributed by atoms with Gasteiger partial charge in [0.2, 0.25) is 5.91 Å². The molecule has 7 nitrogen and oxygen atoms in total. The maximum atomic E-state index is 12.3. The Kier molecular flexibility index (Phi) is 4.21. The molecule has 2 aromatic rings. The SMILES string of the molecule is CCc1c(C)[nH]n2c(=O)cc(C3CC(=O)N(CCOC)C3)nc12. The number of methoxy groups -OCH3 is 1. The summed E-state index contributed by atoms with van der Waals surface area (Å²) >= 11 is 0. The number of hydrogen-bond acceptors (Lipinski definition) is 4. The van der Waals surface area contributed by atoms with Crippen LogP contribution in [0.15, 0.2) is 10.9 Å².